The Morgan fingerprint density at radius 2 is 1.69 bits per heavy atom. The lowest BCUT2D eigenvalue weighted by atomic mass is 10.0. The van der Waals surface area contributed by atoms with E-state index < -0.39 is 24.0 Å². The molecule has 0 radical (unpaired) electrons. The van der Waals surface area contributed by atoms with Crippen LogP contribution >= 0.6 is 0 Å². The Morgan fingerprint density at radius 3 is 2.47 bits per heavy atom. The van der Waals surface area contributed by atoms with E-state index >= 15 is 0 Å². The number of carbonyl (C=O) groups is 4. The number of rotatable bonds is 4. The van der Waals surface area contributed by atoms with Gasteiger partial charge in [-0.25, -0.2) is 0 Å². The zero-order valence-corrected chi connectivity index (χ0v) is 30.1. The Balaban J connectivity index is 1.39. The average molecular weight is 701 g/mol. The zero-order chi connectivity index (χ0) is 36.2. The molecule has 2 aliphatic heterocycles. The topological polar surface area (TPSA) is 152 Å². The fourth-order valence-corrected chi connectivity index (χ4v) is 6.83. The first kappa shape index (κ1) is 37.4. The molecule has 1 saturated heterocycles. The molecule has 2 aromatic heterocycles. The van der Waals surface area contributed by atoms with Crippen LogP contribution < -0.4 is 15.4 Å². The lowest BCUT2D eigenvalue weighted by molar-refractivity contribution is -0.147. The summed E-state index contributed by atoms with van der Waals surface area (Å²) in [6, 6.07) is 8.85. The van der Waals surface area contributed by atoms with Gasteiger partial charge in [0.05, 0.1) is 18.0 Å². The maximum Gasteiger partial charge on any atom is 0.255 e. The highest BCUT2D eigenvalue weighted by Crippen LogP contribution is 2.24. The molecule has 2 aliphatic rings. The van der Waals surface area contributed by atoms with Crippen LogP contribution in [0.5, 0.6) is 5.75 Å². The smallest absolute Gasteiger partial charge is 0.255 e. The molecule has 0 saturated carbocycles. The maximum atomic E-state index is 14.2. The molecule has 4 heterocycles. The average Bonchev–Trinajstić information content (AvgIpc) is 3.81. The number of pyridine rings is 1. The number of hydrogen-bond acceptors (Lipinski definition) is 8. The van der Waals surface area contributed by atoms with Crippen molar-refractivity contribution in [3.8, 4) is 5.75 Å². The third-order valence-electron chi connectivity index (χ3n) is 9.63. The van der Waals surface area contributed by atoms with E-state index in [1.54, 1.807) is 22.7 Å². The van der Waals surface area contributed by atoms with Crippen LogP contribution in [0.1, 0.15) is 93.3 Å². The highest BCUT2D eigenvalue weighted by Gasteiger charge is 2.41. The van der Waals surface area contributed by atoms with Crippen molar-refractivity contribution >= 4 is 23.6 Å². The van der Waals surface area contributed by atoms with Gasteiger partial charge in [0.2, 0.25) is 17.7 Å². The van der Waals surface area contributed by atoms with E-state index in [4.69, 9.17) is 4.74 Å². The number of ether oxygens (including phenoxy) is 1. The second kappa shape index (κ2) is 18.4. The summed E-state index contributed by atoms with van der Waals surface area (Å²) in [5.41, 5.74) is 1.81. The summed E-state index contributed by atoms with van der Waals surface area (Å²) >= 11 is 0. The van der Waals surface area contributed by atoms with E-state index in [2.05, 4.69) is 25.9 Å². The molecule has 4 amide bonds. The Hall–Kier alpha value is -4.81. The number of aryl methyl sites for hydroxylation is 1. The molecule has 2 bridgehead atoms. The summed E-state index contributed by atoms with van der Waals surface area (Å²) in [5.74, 6) is -0.946. The van der Waals surface area contributed by atoms with E-state index in [1.165, 1.54) is 17.3 Å². The summed E-state index contributed by atoms with van der Waals surface area (Å²) in [4.78, 5) is 63.1. The molecule has 2 N–H and O–H groups in total. The van der Waals surface area contributed by atoms with Crippen molar-refractivity contribution in [3.63, 3.8) is 0 Å². The molecule has 13 heteroatoms. The molecule has 0 unspecified atom stereocenters. The number of nitrogens with one attached hydrogen (secondary N) is 2. The van der Waals surface area contributed by atoms with Crippen molar-refractivity contribution in [1.82, 2.24) is 40.4 Å². The first-order valence-corrected chi connectivity index (χ1v) is 18.4. The fraction of sp³-hybridized carbons (Fsp3) is 0.553. The number of benzene rings is 1. The quantitative estimate of drug-likeness (QED) is 0.416. The van der Waals surface area contributed by atoms with Gasteiger partial charge in [0.1, 0.15) is 30.4 Å². The fourth-order valence-electron chi connectivity index (χ4n) is 6.83. The predicted octanol–water partition coefficient (Wildman–Crippen LogP) is 3.93. The molecule has 1 aromatic carbocycles. The van der Waals surface area contributed by atoms with Crippen LogP contribution in [0.15, 0.2) is 55.0 Å². The maximum absolute atomic E-state index is 14.2. The standard InChI is InChI=1S/C38H52N8O5/c1-27(2)22-31-37(49)46-21-13-16-32(46)38(50)44(3)33(23-28-14-9-8-10-15-28)36(48)40-18-11-6-4-5-7-12-20-45-25-29(42-43-45)26-51-34-24-39-19-17-30(34)35(47)41-31/h8-10,14-15,17,19,24-25,27,31-33H,4-7,11-13,16,18,20-23,26H2,1-3H3,(H,40,48)(H,41,47)/t31-,32-,33+/m1/s1. The molecule has 3 atom stereocenters. The Bertz CT molecular complexity index is 1610. The zero-order valence-electron chi connectivity index (χ0n) is 30.1. The van der Waals surface area contributed by atoms with Crippen LogP contribution in [-0.4, -0.2) is 91.7 Å². The second-order valence-electron chi connectivity index (χ2n) is 14.0. The van der Waals surface area contributed by atoms with Crippen molar-refractivity contribution in [3.05, 3.63) is 71.8 Å². The van der Waals surface area contributed by atoms with Crippen LogP contribution in [0.25, 0.3) is 0 Å². The molecule has 1 fully saturated rings. The number of hydrogen-bond donors (Lipinski definition) is 2. The molecule has 0 spiro atoms. The van der Waals surface area contributed by atoms with Crippen molar-refractivity contribution in [2.45, 2.75) is 109 Å². The molecule has 51 heavy (non-hydrogen) atoms. The van der Waals surface area contributed by atoms with E-state index in [0.717, 1.165) is 50.6 Å². The van der Waals surface area contributed by atoms with Crippen LogP contribution in [0.3, 0.4) is 0 Å². The summed E-state index contributed by atoms with van der Waals surface area (Å²) in [6.07, 6.45) is 12.7. The molecule has 13 nitrogen and oxygen atoms in total. The van der Waals surface area contributed by atoms with Gasteiger partial charge in [-0.3, -0.25) is 28.8 Å². The number of nitrogens with zero attached hydrogens (tertiary/aromatic N) is 6. The minimum Gasteiger partial charge on any atom is -0.485 e. The van der Waals surface area contributed by atoms with E-state index in [1.807, 2.05) is 50.4 Å². The number of aromatic nitrogens is 4. The van der Waals surface area contributed by atoms with Crippen molar-refractivity contribution in [2.75, 3.05) is 20.1 Å². The minimum absolute atomic E-state index is 0.0775. The Kier molecular flexibility index (Phi) is 13.5. The largest absolute Gasteiger partial charge is 0.485 e. The summed E-state index contributed by atoms with van der Waals surface area (Å²) in [6.45, 7) is 5.72. The predicted molar refractivity (Wildman–Crippen MR) is 191 cm³/mol. The highest BCUT2D eigenvalue weighted by molar-refractivity contribution is 6.00. The van der Waals surface area contributed by atoms with E-state index in [-0.39, 0.29) is 41.6 Å². The molecule has 5 rings (SSSR count). The first-order valence-electron chi connectivity index (χ1n) is 18.4. The first-order chi connectivity index (χ1) is 24.7. The third-order valence-corrected chi connectivity index (χ3v) is 9.63. The number of carbonyl (C=O) groups excluding carboxylic acids is 4. The SMILES string of the molecule is CC(C)C[C@H]1NC(=O)c2ccncc2OCc2cn(nn2)CCCCCCCCNC(=O)[C@H](Cc2ccccc2)N(C)C(=O)[C@H]2CCCN2C1=O. The lowest BCUT2D eigenvalue weighted by Crippen LogP contribution is -2.57. The molecule has 274 valence electrons. The Labute approximate surface area is 300 Å². The van der Waals surface area contributed by atoms with Gasteiger partial charge in [-0.2, -0.15) is 0 Å². The number of amides is 4. The molecule has 0 aliphatic carbocycles. The van der Waals surface area contributed by atoms with Crippen LogP contribution in [0.4, 0.5) is 0 Å². The monoisotopic (exact) mass is 700 g/mol. The summed E-state index contributed by atoms with van der Waals surface area (Å²) in [7, 11) is 1.66. The molecular formula is C38H52N8O5. The van der Waals surface area contributed by atoms with Crippen LogP contribution in [0, 0.1) is 5.92 Å². The third kappa shape index (κ3) is 10.4. The Morgan fingerprint density at radius 1 is 0.922 bits per heavy atom. The van der Waals surface area contributed by atoms with Gasteiger partial charge in [0.25, 0.3) is 5.91 Å². The normalized spacial score (nSPS) is 22.2. The van der Waals surface area contributed by atoms with Gasteiger partial charge >= 0.3 is 0 Å². The lowest BCUT2D eigenvalue weighted by Gasteiger charge is -2.34. The summed E-state index contributed by atoms with van der Waals surface area (Å²) in [5, 5.41) is 14.5. The second-order valence-corrected chi connectivity index (χ2v) is 14.0. The summed E-state index contributed by atoms with van der Waals surface area (Å²) < 4.78 is 7.80. The van der Waals surface area contributed by atoms with E-state index in [0.29, 0.717) is 44.5 Å². The van der Waals surface area contributed by atoms with Crippen LogP contribution in [0.2, 0.25) is 0 Å². The van der Waals surface area contributed by atoms with Crippen molar-refractivity contribution < 1.29 is 23.9 Å². The van der Waals surface area contributed by atoms with Gasteiger partial charge in [-0.15, -0.1) is 5.10 Å². The van der Waals surface area contributed by atoms with Gasteiger partial charge in [0.15, 0.2) is 5.75 Å². The van der Waals surface area contributed by atoms with Crippen molar-refractivity contribution in [1.29, 1.82) is 0 Å². The molecular weight excluding hydrogens is 648 g/mol. The van der Waals surface area contributed by atoms with Gasteiger partial charge in [-0.1, -0.05) is 75.1 Å². The van der Waals surface area contributed by atoms with Crippen molar-refractivity contribution in [2.24, 2.45) is 5.92 Å². The highest BCUT2D eigenvalue weighted by atomic mass is 16.5. The van der Waals surface area contributed by atoms with Gasteiger partial charge in [0, 0.05) is 39.3 Å². The molecule has 3 aromatic rings. The van der Waals surface area contributed by atoms with E-state index in [9.17, 15) is 19.2 Å². The van der Waals surface area contributed by atoms with Gasteiger partial charge in [-0.05, 0) is 49.7 Å². The van der Waals surface area contributed by atoms with Gasteiger partial charge < -0.3 is 25.2 Å². The number of likely N-dealkylation sites (N-methyl/N-ethyl adjacent to an activating group) is 1. The minimum atomic E-state index is -0.876. The van der Waals surface area contributed by atoms with Crippen LogP contribution in [-0.2, 0) is 34.0 Å². The number of fused-ring (bicyclic) bond motifs is 4.